The number of ketones is 1. The van der Waals surface area contributed by atoms with E-state index in [0.29, 0.717) is 24.0 Å². The Kier molecular flexibility index (Phi) is 6.25. The smallest absolute Gasteiger partial charge is 0.248 e. The van der Waals surface area contributed by atoms with E-state index in [4.69, 9.17) is 0 Å². The lowest BCUT2D eigenvalue weighted by Crippen LogP contribution is -2.43. The van der Waals surface area contributed by atoms with Gasteiger partial charge in [-0.15, -0.1) is 11.3 Å². The van der Waals surface area contributed by atoms with Crippen molar-refractivity contribution >= 4 is 28.2 Å². The number of carbonyl (C=O) groups excluding carboxylic acids is 2. The van der Waals surface area contributed by atoms with Gasteiger partial charge in [0.1, 0.15) is 11.8 Å². The maximum atomic E-state index is 13.2. The highest BCUT2D eigenvalue weighted by atomic mass is 32.1. The number of aromatic nitrogens is 1. The lowest BCUT2D eigenvalue weighted by Gasteiger charge is -2.31. The minimum atomic E-state index is -0.243. The Bertz CT molecular complexity index is 748. The number of allylic oxidation sites excluding steroid dienone is 2. The molecule has 2 unspecified atom stereocenters. The third-order valence-corrected chi connectivity index (χ3v) is 6.96. The van der Waals surface area contributed by atoms with Crippen LogP contribution in [0.1, 0.15) is 57.8 Å². The van der Waals surface area contributed by atoms with E-state index < -0.39 is 0 Å². The number of hydrogen-bond acceptors (Lipinski definition) is 5. The molecule has 3 aliphatic rings. The third kappa shape index (κ3) is 4.54. The Hall–Kier alpha value is -1.95. The summed E-state index contributed by atoms with van der Waals surface area (Å²) in [6.07, 6.45) is 18.0. The van der Waals surface area contributed by atoms with E-state index >= 15 is 0 Å². The molecule has 28 heavy (non-hydrogen) atoms. The molecular weight excluding hydrogens is 370 g/mol. The molecule has 1 aromatic rings. The number of hydrogen-bond donors (Lipinski definition) is 1. The van der Waals surface area contributed by atoms with Crippen molar-refractivity contribution in [2.75, 3.05) is 11.9 Å². The van der Waals surface area contributed by atoms with Crippen LogP contribution in [0.25, 0.3) is 0 Å². The second-order valence-corrected chi connectivity index (χ2v) is 9.14. The zero-order chi connectivity index (χ0) is 19.3. The summed E-state index contributed by atoms with van der Waals surface area (Å²) in [5.41, 5.74) is 1.06. The van der Waals surface area contributed by atoms with Crippen molar-refractivity contribution in [3.63, 3.8) is 0 Å². The monoisotopic (exact) mass is 399 g/mol. The van der Waals surface area contributed by atoms with Crippen LogP contribution < -0.4 is 5.32 Å². The Morgan fingerprint density at radius 1 is 1.25 bits per heavy atom. The van der Waals surface area contributed by atoms with E-state index in [1.807, 2.05) is 17.7 Å². The van der Waals surface area contributed by atoms with Crippen LogP contribution in [-0.2, 0) is 9.59 Å². The Morgan fingerprint density at radius 2 is 2.04 bits per heavy atom. The standard InChI is InChI=1S/C22H29N3O2S/c26-20-10-6-9-17-14-25(15-18(17)20)19(21(27)24-22-23-11-12-28-22)13-16-7-4-2-1-3-5-8-16/h6,9,11-12,14,16,18-19H,1-5,7-8,10,13,15H2,(H,23,24,27). The largest absolute Gasteiger partial charge is 0.364 e. The maximum Gasteiger partial charge on any atom is 0.248 e. The van der Waals surface area contributed by atoms with Crippen molar-refractivity contribution in [3.8, 4) is 0 Å². The van der Waals surface area contributed by atoms with Crippen molar-refractivity contribution in [1.82, 2.24) is 9.88 Å². The van der Waals surface area contributed by atoms with Crippen molar-refractivity contribution in [1.29, 1.82) is 0 Å². The molecule has 0 bridgehead atoms. The Labute approximate surface area is 170 Å². The van der Waals surface area contributed by atoms with Crippen LogP contribution in [0.2, 0.25) is 0 Å². The van der Waals surface area contributed by atoms with Gasteiger partial charge in [-0.1, -0.05) is 57.1 Å². The third-order valence-electron chi connectivity index (χ3n) is 6.28. The summed E-state index contributed by atoms with van der Waals surface area (Å²) in [5.74, 6) is 0.766. The first-order valence-electron chi connectivity index (χ1n) is 10.6. The highest BCUT2D eigenvalue weighted by Gasteiger charge is 2.37. The normalized spacial score (nSPS) is 24.3. The molecule has 150 valence electrons. The molecule has 0 aromatic carbocycles. The van der Waals surface area contributed by atoms with E-state index in [0.717, 1.165) is 12.0 Å². The molecule has 5 nitrogen and oxygen atoms in total. The summed E-state index contributed by atoms with van der Waals surface area (Å²) in [5, 5.41) is 5.52. The molecule has 0 saturated heterocycles. The summed E-state index contributed by atoms with van der Waals surface area (Å²) < 4.78 is 0. The quantitative estimate of drug-likeness (QED) is 0.789. The number of thiazole rings is 1. The van der Waals surface area contributed by atoms with Gasteiger partial charge in [-0.05, 0) is 17.9 Å². The summed E-state index contributed by atoms with van der Waals surface area (Å²) in [7, 11) is 0. The maximum absolute atomic E-state index is 13.2. The van der Waals surface area contributed by atoms with Gasteiger partial charge in [-0.25, -0.2) is 4.98 Å². The average molecular weight is 400 g/mol. The number of nitrogens with zero attached hydrogens (tertiary/aromatic N) is 2. The van der Waals surface area contributed by atoms with Gasteiger partial charge in [-0.2, -0.15) is 0 Å². The number of Topliss-reactive ketones (excluding diaryl/α,β-unsaturated/α-hetero) is 1. The molecule has 4 rings (SSSR count). The molecule has 6 heteroatoms. The SMILES string of the molecule is O=C1CC=CC2=CN(C(CC3CCCCCCC3)C(=O)Nc3nccs3)CC12. The number of rotatable bonds is 5. The summed E-state index contributed by atoms with van der Waals surface area (Å²) in [6, 6.07) is -0.243. The highest BCUT2D eigenvalue weighted by Crippen LogP contribution is 2.33. The van der Waals surface area contributed by atoms with E-state index in [2.05, 4.69) is 21.3 Å². The highest BCUT2D eigenvalue weighted by molar-refractivity contribution is 7.13. The fraction of sp³-hybridized carbons (Fsp3) is 0.591. The van der Waals surface area contributed by atoms with Gasteiger partial charge in [0.05, 0.1) is 5.92 Å². The van der Waals surface area contributed by atoms with Crippen LogP contribution in [-0.4, -0.2) is 34.2 Å². The molecule has 2 heterocycles. The molecule has 0 radical (unpaired) electrons. The summed E-state index contributed by atoms with van der Waals surface area (Å²) in [6.45, 7) is 0.626. The van der Waals surface area contributed by atoms with E-state index in [-0.39, 0.29) is 23.7 Å². The van der Waals surface area contributed by atoms with Crippen LogP contribution in [0.3, 0.4) is 0 Å². The molecule has 1 saturated carbocycles. The van der Waals surface area contributed by atoms with Crippen molar-refractivity contribution in [3.05, 3.63) is 35.5 Å². The number of nitrogens with one attached hydrogen (secondary N) is 1. The first-order valence-corrected chi connectivity index (χ1v) is 11.5. The van der Waals surface area contributed by atoms with E-state index in [1.165, 1.54) is 56.3 Å². The lowest BCUT2D eigenvalue weighted by molar-refractivity contribution is -0.123. The summed E-state index contributed by atoms with van der Waals surface area (Å²) >= 11 is 1.44. The van der Waals surface area contributed by atoms with Gasteiger partial charge >= 0.3 is 0 Å². The predicted molar refractivity (Wildman–Crippen MR) is 112 cm³/mol. The fourth-order valence-corrected chi connectivity index (χ4v) is 5.26. The molecule has 1 aliphatic heterocycles. The fourth-order valence-electron chi connectivity index (χ4n) is 4.73. The Balaban J connectivity index is 1.51. The van der Waals surface area contributed by atoms with Gasteiger partial charge in [0.15, 0.2) is 5.13 Å². The molecule has 1 fully saturated rings. The van der Waals surface area contributed by atoms with Crippen LogP contribution in [0.15, 0.2) is 35.5 Å². The van der Waals surface area contributed by atoms with Gasteiger partial charge in [0.2, 0.25) is 5.91 Å². The van der Waals surface area contributed by atoms with Crippen molar-refractivity contribution < 1.29 is 9.59 Å². The first-order chi connectivity index (χ1) is 13.7. The minimum Gasteiger partial charge on any atom is -0.364 e. The Morgan fingerprint density at radius 3 is 2.75 bits per heavy atom. The van der Waals surface area contributed by atoms with Gasteiger partial charge in [0, 0.05) is 30.7 Å². The second-order valence-electron chi connectivity index (χ2n) is 8.24. The van der Waals surface area contributed by atoms with Crippen molar-refractivity contribution in [2.45, 2.75) is 63.8 Å². The van der Waals surface area contributed by atoms with Crippen LogP contribution in [0, 0.1) is 11.8 Å². The van der Waals surface area contributed by atoms with Crippen LogP contribution in [0.4, 0.5) is 5.13 Å². The van der Waals surface area contributed by atoms with Gasteiger partial charge < -0.3 is 10.2 Å². The molecule has 1 amide bonds. The first kappa shape index (κ1) is 19.4. The predicted octanol–water partition coefficient (Wildman–Crippen LogP) is 4.55. The van der Waals surface area contributed by atoms with Gasteiger partial charge in [0.25, 0.3) is 0 Å². The average Bonchev–Trinajstić information content (AvgIpc) is 3.31. The molecule has 1 N–H and O–H groups in total. The molecule has 2 atom stereocenters. The van der Waals surface area contributed by atoms with Crippen molar-refractivity contribution in [2.24, 2.45) is 11.8 Å². The molecule has 0 spiro atoms. The van der Waals surface area contributed by atoms with E-state index in [9.17, 15) is 9.59 Å². The number of fused-ring (bicyclic) bond motifs is 1. The van der Waals surface area contributed by atoms with Gasteiger partial charge in [-0.3, -0.25) is 9.59 Å². The molecule has 2 aliphatic carbocycles. The van der Waals surface area contributed by atoms with Crippen LogP contribution in [0.5, 0.6) is 0 Å². The summed E-state index contributed by atoms with van der Waals surface area (Å²) in [4.78, 5) is 31.8. The lowest BCUT2D eigenvalue weighted by atomic mass is 9.86. The zero-order valence-electron chi connectivity index (χ0n) is 16.3. The van der Waals surface area contributed by atoms with E-state index in [1.54, 1.807) is 6.20 Å². The molecule has 1 aromatic heterocycles. The molecular formula is C22H29N3O2S. The second kappa shape index (κ2) is 9.03. The number of carbonyl (C=O) groups is 2. The zero-order valence-corrected chi connectivity index (χ0v) is 17.1. The number of anilines is 1. The minimum absolute atomic E-state index is 0.00364. The topological polar surface area (TPSA) is 62.3 Å². The number of amides is 1. The van der Waals surface area contributed by atoms with Crippen LogP contribution >= 0.6 is 11.3 Å².